The largest absolute Gasteiger partial charge is 0.439 e. The van der Waals surface area contributed by atoms with Crippen LogP contribution >= 0.6 is 15.9 Å². The molecule has 0 radical (unpaired) electrons. The molecule has 2 aromatic heterocycles. The Morgan fingerprint density at radius 2 is 1.71 bits per heavy atom. The third-order valence-electron chi connectivity index (χ3n) is 5.73. The third kappa shape index (κ3) is 5.14. The zero-order valence-electron chi connectivity index (χ0n) is 19.7. The molecule has 0 saturated carbocycles. The summed E-state index contributed by atoms with van der Waals surface area (Å²) in [6, 6.07) is 7.98. The molecule has 208 valence electrons. The minimum Gasteiger partial charge on any atom is -0.355 e. The van der Waals surface area contributed by atoms with Gasteiger partial charge in [0.25, 0.3) is 17.3 Å². The summed E-state index contributed by atoms with van der Waals surface area (Å²) in [5.74, 6) is -1.81. The van der Waals surface area contributed by atoms with Crippen molar-refractivity contribution < 1.29 is 36.9 Å². The van der Waals surface area contributed by atoms with Crippen molar-refractivity contribution in [1.29, 1.82) is 0 Å². The van der Waals surface area contributed by atoms with Crippen LogP contribution in [0.15, 0.2) is 66.8 Å². The van der Waals surface area contributed by atoms with E-state index in [0.29, 0.717) is 4.47 Å². The van der Waals surface area contributed by atoms with Gasteiger partial charge in [-0.25, -0.2) is 4.79 Å². The van der Waals surface area contributed by atoms with Gasteiger partial charge in [0, 0.05) is 33.8 Å². The number of hydrogen-bond acceptors (Lipinski definition) is 10. The number of aromatic nitrogens is 3. The Labute approximate surface area is 231 Å². The van der Waals surface area contributed by atoms with E-state index in [1.54, 1.807) is 6.07 Å². The number of halogens is 4. The Morgan fingerprint density at radius 1 is 0.951 bits per heavy atom. The topological polar surface area (TPSA) is 200 Å². The van der Waals surface area contributed by atoms with E-state index in [0.717, 1.165) is 24.3 Å². The van der Waals surface area contributed by atoms with Gasteiger partial charge in [-0.15, -0.1) is 0 Å². The molecule has 0 aliphatic carbocycles. The molecule has 0 aliphatic rings. The Bertz CT molecular complexity index is 1950. The van der Waals surface area contributed by atoms with Gasteiger partial charge in [0.2, 0.25) is 0 Å². The molecular formula is C23H10BrF3N6O8. The number of alkyl halides is 3. The number of benzene rings is 3. The van der Waals surface area contributed by atoms with Crippen LogP contribution in [0, 0.1) is 20.2 Å². The summed E-state index contributed by atoms with van der Waals surface area (Å²) in [6.45, 7) is 0. The SMILES string of the molecule is O=C(Nc1ccc(Br)cc1-c1noc(=O)[nH]1)c1noc2cc(-c3ccc([N+](=O)[O-])cc3C(F)(F)F)c([N+](=O)[O-])cc12. The van der Waals surface area contributed by atoms with Crippen molar-refractivity contribution in [3.63, 3.8) is 0 Å². The van der Waals surface area contributed by atoms with Gasteiger partial charge in [-0.3, -0.25) is 34.5 Å². The third-order valence-corrected chi connectivity index (χ3v) is 6.23. The van der Waals surface area contributed by atoms with Crippen LogP contribution in [-0.4, -0.2) is 31.1 Å². The van der Waals surface area contributed by atoms with Crippen LogP contribution < -0.4 is 11.1 Å². The lowest BCUT2D eigenvalue weighted by molar-refractivity contribution is -0.385. The lowest BCUT2D eigenvalue weighted by Gasteiger charge is -2.13. The Hall–Kier alpha value is -5.39. The molecule has 0 saturated heterocycles. The lowest BCUT2D eigenvalue weighted by atomic mass is 9.96. The fraction of sp³-hybridized carbons (Fsp3) is 0.0435. The Morgan fingerprint density at radius 3 is 2.34 bits per heavy atom. The van der Waals surface area contributed by atoms with E-state index in [-0.39, 0.29) is 34.1 Å². The molecule has 2 heterocycles. The maximum absolute atomic E-state index is 13.8. The normalized spacial score (nSPS) is 11.5. The highest BCUT2D eigenvalue weighted by Crippen LogP contribution is 2.43. The maximum atomic E-state index is 13.8. The van der Waals surface area contributed by atoms with Gasteiger partial charge >= 0.3 is 11.9 Å². The molecule has 0 fully saturated rings. The fourth-order valence-corrected chi connectivity index (χ4v) is 4.33. The summed E-state index contributed by atoms with van der Waals surface area (Å²) in [5, 5.41) is 32.5. The van der Waals surface area contributed by atoms with Gasteiger partial charge in [0.1, 0.15) is 0 Å². The molecule has 5 rings (SSSR count). The van der Waals surface area contributed by atoms with Crippen molar-refractivity contribution in [1.82, 2.24) is 15.3 Å². The first-order valence-electron chi connectivity index (χ1n) is 10.9. The maximum Gasteiger partial charge on any atom is 0.439 e. The second kappa shape index (κ2) is 9.97. The lowest BCUT2D eigenvalue weighted by Crippen LogP contribution is -2.13. The van der Waals surface area contributed by atoms with E-state index in [4.69, 9.17) is 4.52 Å². The molecule has 0 aliphatic heterocycles. The molecule has 18 heteroatoms. The van der Waals surface area contributed by atoms with Gasteiger partial charge in [0.05, 0.1) is 32.0 Å². The average Bonchev–Trinajstić information content (AvgIpc) is 3.53. The standard InChI is InChI=1S/C23H10BrF3N6O8/c24-9-1-4-16(13(5-9)20-29-22(35)41-31-20)28-21(34)19-14-7-17(33(38)39)12(8-18(14)40-30-19)11-3-2-10(32(36)37)6-15(11)23(25,26)27/h1-8H,(H,28,34)(H,29,31,35). The summed E-state index contributed by atoms with van der Waals surface area (Å²) in [4.78, 5) is 47.8. The van der Waals surface area contributed by atoms with Crippen LogP contribution in [0.3, 0.4) is 0 Å². The van der Waals surface area contributed by atoms with Crippen LogP contribution in [0.25, 0.3) is 33.5 Å². The van der Waals surface area contributed by atoms with Crippen molar-refractivity contribution in [2.75, 3.05) is 5.32 Å². The summed E-state index contributed by atoms with van der Waals surface area (Å²) in [7, 11) is 0. The van der Waals surface area contributed by atoms with Gasteiger partial charge in [-0.2, -0.15) is 13.2 Å². The number of nitro benzene ring substituents is 2. The van der Waals surface area contributed by atoms with Crippen molar-refractivity contribution >= 4 is 49.9 Å². The second-order valence-electron chi connectivity index (χ2n) is 8.23. The van der Waals surface area contributed by atoms with E-state index >= 15 is 0 Å². The zero-order chi connectivity index (χ0) is 29.6. The first-order valence-corrected chi connectivity index (χ1v) is 11.7. The molecule has 0 unspecified atom stereocenters. The van der Waals surface area contributed by atoms with Crippen LogP contribution in [0.2, 0.25) is 0 Å². The van der Waals surface area contributed by atoms with Crippen LogP contribution in [0.1, 0.15) is 16.1 Å². The number of nitrogens with zero attached hydrogens (tertiary/aromatic N) is 4. The van der Waals surface area contributed by atoms with E-state index < -0.39 is 61.4 Å². The number of nitrogens with one attached hydrogen (secondary N) is 2. The summed E-state index contributed by atoms with van der Waals surface area (Å²) in [6.07, 6.45) is -5.10. The van der Waals surface area contributed by atoms with Crippen LogP contribution in [0.5, 0.6) is 0 Å². The number of hydrogen-bond donors (Lipinski definition) is 2. The summed E-state index contributed by atoms with van der Waals surface area (Å²) in [5.41, 5.74) is -4.89. The highest BCUT2D eigenvalue weighted by molar-refractivity contribution is 9.10. The van der Waals surface area contributed by atoms with E-state index in [2.05, 4.69) is 41.1 Å². The predicted molar refractivity (Wildman–Crippen MR) is 136 cm³/mol. The molecule has 41 heavy (non-hydrogen) atoms. The zero-order valence-corrected chi connectivity index (χ0v) is 21.3. The molecule has 0 bridgehead atoms. The minimum absolute atomic E-state index is 0.0274. The second-order valence-corrected chi connectivity index (χ2v) is 9.14. The van der Waals surface area contributed by atoms with Crippen molar-refractivity contribution in [2.45, 2.75) is 6.18 Å². The van der Waals surface area contributed by atoms with Gasteiger partial charge in [-0.1, -0.05) is 26.2 Å². The number of rotatable bonds is 6. The molecule has 0 spiro atoms. The fourth-order valence-electron chi connectivity index (χ4n) is 3.97. The number of fused-ring (bicyclic) bond motifs is 1. The number of non-ortho nitro benzene ring substituents is 1. The van der Waals surface area contributed by atoms with Crippen LogP contribution in [0.4, 0.5) is 30.2 Å². The Balaban J connectivity index is 1.60. The number of aromatic amines is 1. The number of H-pyrrole nitrogens is 1. The van der Waals surface area contributed by atoms with E-state index in [1.165, 1.54) is 12.1 Å². The van der Waals surface area contributed by atoms with E-state index in [1.807, 2.05) is 0 Å². The van der Waals surface area contributed by atoms with Crippen molar-refractivity contribution in [2.24, 2.45) is 0 Å². The molecule has 1 amide bonds. The van der Waals surface area contributed by atoms with Gasteiger partial charge < -0.3 is 9.84 Å². The molecule has 3 aromatic carbocycles. The number of amides is 1. The smallest absolute Gasteiger partial charge is 0.355 e. The molecule has 14 nitrogen and oxygen atoms in total. The summed E-state index contributed by atoms with van der Waals surface area (Å²) < 4.78 is 51.6. The van der Waals surface area contributed by atoms with Crippen LogP contribution in [-0.2, 0) is 6.18 Å². The van der Waals surface area contributed by atoms with Crippen molar-refractivity contribution in [3.05, 3.63) is 95.0 Å². The van der Waals surface area contributed by atoms with Gasteiger partial charge in [0.15, 0.2) is 17.1 Å². The quantitative estimate of drug-likeness (QED) is 0.173. The van der Waals surface area contributed by atoms with Gasteiger partial charge in [-0.05, 0) is 30.3 Å². The molecule has 0 atom stereocenters. The minimum atomic E-state index is -5.10. The highest BCUT2D eigenvalue weighted by Gasteiger charge is 2.37. The first kappa shape index (κ1) is 27.2. The number of anilines is 1. The van der Waals surface area contributed by atoms with Crippen molar-refractivity contribution in [3.8, 4) is 22.5 Å². The monoisotopic (exact) mass is 634 g/mol. The molecule has 2 N–H and O–H groups in total. The number of carbonyl (C=O) groups excluding carboxylic acids is 1. The first-order chi connectivity index (χ1) is 19.3. The molecule has 5 aromatic rings. The molecular weight excluding hydrogens is 625 g/mol. The highest BCUT2D eigenvalue weighted by atomic mass is 79.9. The average molecular weight is 635 g/mol. The van der Waals surface area contributed by atoms with E-state index in [9.17, 15) is 43.0 Å². The number of carbonyl (C=O) groups is 1. The predicted octanol–water partition coefficient (Wildman–Crippen LogP) is 5.69. The summed E-state index contributed by atoms with van der Waals surface area (Å²) >= 11 is 3.26. The number of nitro groups is 2. The Kier molecular flexibility index (Phi) is 6.61.